The highest BCUT2D eigenvalue weighted by Crippen LogP contribution is 2.16. The highest BCUT2D eigenvalue weighted by atomic mass is 79.9. The number of aromatic nitrogens is 2. The largest absolute Gasteiger partial charge is 0.325 e. The van der Waals surface area contributed by atoms with E-state index < -0.39 is 0 Å². The summed E-state index contributed by atoms with van der Waals surface area (Å²) in [5.74, 6) is 0.762. The molecule has 0 fully saturated rings. The SMILES string of the molecule is Cc1cc(NC(=O)CSCC(=O)Nc2cccc(Br)c2)n(C)n1. The molecule has 0 atom stereocenters. The molecule has 1 aromatic heterocycles. The zero-order chi connectivity index (χ0) is 16.8. The number of carbonyl (C=O) groups excluding carboxylic acids is 2. The van der Waals surface area contributed by atoms with Crippen molar-refractivity contribution in [3.8, 4) is 0 Å². The summed E-state index contributed by atoms with van der Waals surface area (Å²) in [6.07, 6.45) is 0. The Labute approximate surface area is 147 Å². The fourth-order valence-electron chi connectivity index (χ4n) is 1.91. The van der Waals surface area contributed by atoms with Gasteiger partial charge < -0.3 is 10.6 Å². The molecule has 0 saturated heterocycles. The first-order valence-electron chi connectivity index (χ1n) is 6.87. The van der Waals surface area contributed by atoms with Crippen LogP contribution >= 0.6 is 27.7 Å². The average Bonchev–Trinajstić information content (AvgIpc) is 2.76. The summed E-state index contributed by atoms with van der Waals surface area (Å²) in [4.78, 5) is 23.7. The second kappa shape index (κ2) is 8.16. The summed E-state index contributed by atoms with van der Waals surface area (Å²) in [6, 6.07) is 9.15. The van der Waals surface area contributed by atoms with Crippen LogP contribution in [0.15, 0.2) is 34.8 Å². The van der Waals surface area contributed by atoms with Crippen LogP contribution in [0, 0.1) is 6.92 Å². The molecule has 2 N–H and O–H groups in total. The lowest BCUT2D eigenvalue weighted by Gasteiger charge is -2.06. The number of hydrogen-bond donors (Lipinski definition) is 2. The highest BCUT2D eigenvalue weighted by molar-refractivity contribution is 9.10. The molecule has 0 unspecified atom stereocenters. The maximum Gasteiger partial charge on any atom is 0.235 e. The molecule has 2 aromatic rings. The smallest absolute Gasteiger partial charge is 0.235 e. The lowest BCUT2D eigenvalue weighted by atomic mass is 10.3. The van der Waals surface area contributed by atoms with Crippen LogP contribution in [-0.2, 0) is 16.6 Å². The summed E-state index contributed by atoms with van der Waals surface area (Å²) in [5.41, 5.74) is 1.56. The minimum absolute atomic E-state index is 0.141. The first-order chi connectivity index (χ1) is 10.9. The van der Waals surface area contributed by atoms with Crippen LogP contribution < -0.4 is 10.6 Å². The van der Waals surface area contributed by atoms with Crippen LogP contribution in [0.2, 0.25) is 0 Å². The molecule has 0 spiro atoms. The number of rotatable bonds is 6. The van der Waals surface area contributed by atoms with Gasteiger partial charge in [0.1, 0.15) is 5.82 Å². The van der Waals surface area contributed by atoms with Gasteiger partial charge in [-0.05, 0) is 25.1 Å². The molecule has 0 aliphatic rings. The van der Waals surface area contributed by atoms with E-state index in [9.17, 15) is 9.59 Å². The van der Waals surface area contributed by atoms with Gasteiger partial charge in [0.15, 0.2) is 0 Å². The molecule has 0 bridgehead atoms. The fraction of sp³-hybridized carbons (Fsp3) is 0.267. The summed E-state index contributed by atoms with van der Waals surface area (Å²) in [5, 5.41) is 9.70. The van der Waals surface area contributed by atoms with Gasteiger partial charge in [-0.1, -0.05) is 22.0 Å². The number of thioether (sulfide) groups is 1. The predicted molar refractivity (Wildman–Crippen MR) is 96.7 cm³/mol. The van der Waals surface area contributed by atoms with Crippen molar-refractivity contribution in [3.63, 3.8) is 0 Å². The Balaban J connectivity index is 1.73. The maximum absolute atomic E-state index is 11.8. The van der Waals surface area contributed by atoms with Gasteiger partial charge in [-0.3, -0.25) is 14.3 Å². The Bertz CT molecular complexity index is 717. The van der Waals surface area contributed by atoms with E-state index in [1.165, 1.54) is 11.8 Å². The standard InChI is InChI=1S/C15H17BrN4O2S/c1-10-6-13(20(2)19-10)18-15(22)9-23-8-14(21)17-12-5-3-4-11(16)7-12/h3-7H,8-9H2,1-2H3,(H,17,21)(H,18,22). The van der Waals surface area contributed by atoms with Gasteiger partial charge in [-0.25, -0.2) is 0 Å². The van der Waals surface area contributed by atoms with Crippen molar-refractivity contribution >= 4 is 51.0 Å². The molecule has 2 rings (SSSR count). The van der Waals surface area contributed by atoms with Crippen molar-refractivity contribution in [2.24, 2.45) is 7.05 Å². The molecule has 122 valence electrons. The number of benzene rings is 1. The highest BCUT2D eigenvalue weighted by Gasteiger charge is 2.09. The monoisotopic (exact) mass is 396 g/mol. The predicted octanol–water partition coefficient (Wildman–Crippen LogP) is 2.80. The first-order valence-corrected chi connectivity index (χ1v) is 8.82. The Hall–Kier alpha value is -1.80. The molecule has 0 saturated carbocycles. The summed E-state index contributed by atoms with van der Waals surface area (Å²) in [6.45, 7) is 1.86. The summed E-state index contributed by atoms with van der Waals surface area (Å²) >= 11 is 4.61. The topological polar surface area (TPSA) is 76.0 Å². The molecule has 0 aliphatic carbocycles. The Morgan fingerprint density at radius 1 is 1.22 bits per heavy atom. The molecule has 8 heteroatoms. The van der Waals surface area contributed by atoms with Gasteiger partial charge in [0.05, 0.1) is 17.2 Å². The van der Waals surface area contributed by atoms with Crippen LogP contribution in [0.5, 0.6) is 0 Å². The van der Waals surface area contributed by atoms with E-state index in [0.717, 1.165) is 15.9 Å². The number of nitrogens with zero attached hydrogens (tertiary/aromatic N) is 2. The van der Waals surface area contributed by atoms with Gasteiger partial charge in [-0.2, -0.15) is 5.10 Å². The van der Waals surface area contributed by atoms with Gasteiger partial charge in [0.2, 0.25) is 11.8 Å². The molecule has 1 aromatic carbocycles. The van der Waals surface area contributed by atoms with Crippen LogP contribution in [0.25, 0.3) is 0 Å². The first kappa shape index (κ1) is 17.6. The molecule has 0 radical (unpaired) electrons. The molecule has 6 nitrogen and oxygen atoms in total. The van der Waals surface area contributed by atoms with E-state index >= 15 is 0 Å². The maximum atomic E-state index is 11.8. The zero-order valence-electron chi connectivity index (χ0n) is 12.8. The quantitative estimate of drug-likeness (QED) is 0.786. The third-order valence-corrected chi connectivity index (χ3v) is 4.27. The number of anilines is 2. The lowest BCUT2D eigenvalue weighted by molar-refractivity contribution is -0.114. The van der Waals surface area contributed by atoms with Gasteiger partial charge in [0.25, 0.3) is 0 Å². The lowest BCUT2D eigenvalue weighted by Crippen LogP contribution is -2.19. The zero-order valence-corrected chi connectivity index (χ0v) is 15.2. The second-order valence-corrected chi connectivity index (χ2v) is 6.80. The number of carbonyl (C=O) groups is 2. The molecule has 1 heterocycles. The minimum atomic E-state index is -0.159. The third kappa shape index (κ3) is 5.72. The Morgan fingerprint density at radius 2 is 1.91 bits per heavy atom. The van der Waals surface area contributed by atoms with E-state index in [2.05, 4.69) is 31.7 Å². The second-order valence-electron chi connectivity index (χ2n) is 4.89. The number of amides is 2. The van der Waals surface area contributed by atoms with Crippen molar-refractivity contribution in [2.75, 3.05) is 22.1 Å². The molecule has 23 heavy (non-hydrogen) atoms. The van der Waals surface area contributed by atoms with Crippen LogP contribution in [-0.4, -0.2) is 33.1 Å². The minimum Gasteiger partial charge on any atom is -0.325 e. The van der Waals surface area contributed by atoms with Crippen LogP contribution in [0.1, 0.15) is 5.69 Å². The van der Waals surface area contributed by atoms with Crippen molar-refractivity contribution < 1.29 is 9.59 Å². The molecular formula is C15H17BrN4O2S. The van der Waals surface area contributed by atoms with Crippen molar-refractivity contribution in [1.29, 1.82) is 0 Å². The van der Waals surface area contributed by atoms with Crippen LogP contribution in [0.4, 0.5) is 11.5 Å². The Kier molecular flexibility index (Phi) is 6.23. The van der Waals surface area contributed by atoms with E-state index in [-0.39, 0.29) is 23.3 Å². The number of aryl methyl sites for hydroxylation is 2. The number of hydrogen-bond acceptors (Lipinski definition) is 4. The summed E-state index contributed by atoms with van der Waals surface area (Å²) < 4.78 is 2.51. The number of halogens is 1. The number of nitrogens with one attached hydrogen (secondary N) is 2. The van der Waals surface area contributed by atoms with E-state index in [1.54, 1.807) is 17.8 Å². The van der Waals surface area contributed by atoms with E-state index in [4.69, 9.17) is 0 Å². The fourth-order valence-corrected chi connectivity index (χ4v) is 2.92. The van der Waals surface area contributed by atoms with Crippen molar-refractivity contribution in [2.45, 2.75) is 6.92 Å². The molecule has 2 amide bonds. The van der Waals surface area contributed by atoms with Crippen LogP contribution in [0.3, 0.4) is 0 Å². The third-order valence-electron chi connectivity index (χ3n) is 2.84. The van der Waals surface area contributed by atoms with Gasteiger partial charge in [-0.15, -0.1) is 11.8 Å². The van der Waals surface area contributed by atoms with E-state index in [0.29, 0.717) is 5.82 Å². The normalized spacial score (nSPS) is 10.4. The van der Waals surface area contributed by atoms with Crippen molar-refractivity contribution in [1.82, 2.24) is 9.78 Å². The van der Waals surface area contributed by atoms with Gasteiger partial charge >= 0.3 is 0 Å². The Morgan fingerprint density at radius 3 is 2.52 bits per heavy atom. The molecular weight excluding hydrogens is 380 g/mol. The molecule has 0 aliphatic heterocycles. The van der Waals surface area contributed by atoms with E-state index in [1.807, 2.05) is 31.2 Å². The van der Waals surface area contributed by atoms with Gasteiger partial charge in [0, 0.05) is 23.3 Å². The van der Waals surface area contributed by atoms with Crippen molar-refractivity contribution in [3.05, 3.63) is 40.5 Å². The summed E-state index contributed by atoms with van der Waals surface area (Å²) in [7, 11) is 1.77. The average molecular weight is 397 g/mol.